The molecule has 0 aliphatic carbocycles. The molecule has 1 aromatic rings. The molecule has 1 heterocycles. The molecule has 0 radical (unpaired) electrons. The summed E-state index contributed by atoms with van der Waals surface area (Å²) in [6, 6.07) is 4.17. The van der Waals surface area contributed by atoms with E-state index in [1.165, 1.54) is 18.2 Å². The second kappa shape index (κ2) is 4.91. The van der Waals surface area contributed by atoms with Crippen LogP contribution < -0.4 is 4.74 Å². The Bertz CT molecular complexity index is 390. The zero-order valence-electron chi connectivity index (χ0n) is 9.33. The zero-order valence-corrected chi connectivity index (χ0v) is 10.9. The molecule has 1 unspecified atom stereocenters. The zero-order chi connectivity index (χ0) is 12.3. The van der Waals surface area contributed by atoms with E-state index in [1.807, 2.05) is 0 Å². The molecule has 0 aliphatic heterocycles. The first-order chi connectivity index (χ1) is 7.30. The van der Waals surface area contributed by atoms with Crippen molar-refractivity contribution in [3.05, 3.63) is 24.1 Å². The number of carbonyl (C=O) groups is 1. The Labute approximate surface area is 102 Å². The third kappa shape index (κ3) is 3.56. The maximum atomic E-state index is 12.8. The van der Waals surface area contributed by atoms with Crippen LogP contribution in [0, 0.1) is 11.4 Å². The summed E-state index contributed by atoms with van der Waals surface area (Å²) in [5.41, 5.74) is -0.526. The Hall–Kier alpha value is -0.970. The van der Waals surface area contributed by atoms with Crippen molar-refractivity contribution in [2.45, 2.75) is 25.8 Å². The molecular formula is C11H13BrFNO2. The number of nitrogens with zero attached hydrogens (tertiary/aromatic N) is 1. The monoisotopic (exact) mass is 289 g/mol. The highest BCUT2D eigenvalue weighted by Gasteiger charge is 2.29. The van der Waals surface area contributed by atoms with E-state index < -0.39 is 16.4 Å². The minimum absolute atomic E-state index is 0.0828. The molecule has 16 heavy (non-hydrogen) atoms. The fourth-order valence-corrected chi connectivity index (χ4v) is 1.83. The maximum absolute atomic E-state index is 12.8. The van der Waals surface area contributed by atoms with Gasteiger partial charge in [-0.3, -0.25) is 4.79 Å². The number of hydrogen-bond acceptors (Lipinski definition) is 3. The van der Waals surface area contributed by atoms with Crippen molar-refractivity contribution in [1.82, 2.24) is 4.98 Å². The summed E-state index contributed by atoms with van der Waals surface area (Å²) in [7, 11) is 0. The third-order valence-corrected chi connectivity index (χ3v) is 2.46. The van der Waals surface area contributed by atoms with Gasteiger partial charge in [0.15, 0.2) is 5.78 Å². The second-order valence-electron chi connectivity index (χ2n) is 4.35. The van der Waals surface area contributed by atoms with E-state index in [1.54, 1.807) is 20.8 Å². The van der Waals surface area contributed by atoms with Crippen LogP contribution in [0.1, 0.15) is 20.8 Å². The van der Waals surface area contributed by atoms with Crippen LogP contribution in [0.3, 0.4) is 0 Å². The molecule has 0 amide bonds. The number of ether oxygens (including phenoxy) is 1. The predicted octanol–water partition coefficient (Wildman–Crippen LogP) is 2.94. The van der Waals surface area contributed by atoms with E-state index in [9.17, 15) is 9.18 Å². The topological polar surface area (TPSA) is 39.2 Å². The van der Waals surface area contributed by atoms with Crippen LogP contribution in [-0.2, 0) is 4.79 Å². The van der Waals surface area contributed by atoms with Crippen molar-refractivity contribution < 1.29 is 13.9 Å². The van der Waals surface area contributed by atoms with Gasteiger partial charge in [-0.1, -0.05) is 26.8 Å². The summed E-state index contributed by atoms with van der Waals surface area (Å²) < 4.78 is 18.0. The third-order valence-electron chi connectivity index (χ3n) is 1.86. The molecule has 3 nitrogen and oxygen atoms in total. The molecule has 1 aromatic heterocycles. The van der Waals surface area contributed by atoms with Crippen LogP contribution in [0.2, 0.25) is 0 Å². The smallest absolute Gasteiger partial charge is 0.217 e. The molecule has 5 heteroatoms. The number of aromatic nitrogens is 1. The molecule has 0 spiro atoms. The van der Waals surface area contributed by atoms with Gasteiger partial charge in [0.05, 0.1) is 0 Å². The Morgan fingerprint density at radius 3 is 2.62 bits per heavy atom. The van der Waals surface area contributed by atoms with Gasteiger partial charge >= 0.3 is 0 Å². The van der Waals surface area contributed by atoms with Crippen molar-refractivity contribution in [3.8, 4) is 5.88 Å². The molecule has 0 N–H and O–H groups in total. The lowest BCUT2D eigenvalue weighted by Crippen LogP contribution is -2.32. The van der Waals surface area contributed by atoms with E-state index in [0.29, 0.717) is 0 Å². The molecule has 1 rings (SSSR count). The number of alkyl halides is 1. The highest BCUT2D eigenvalue weighted by atomic mass is 79.9. The molecule has 0 saturated carbocycles. The van der Waals surface area contributed by atoms with E-state index in [-0.39, 0.29) is 11.7 Å². The first-order valence-electron chi connectivity index (χ1n) is 4.78. The second-order valence-corrected chi connectivity index (χ2v) is 5.18. The normalized spacial score (nSPS) is 13.3. The molecule has 0 aromatic carbocycles. The van der Waals surface area contributed by atoms with E-state index >= 15 is 0 Å². The summed E-state index contributed by atoms with van der Waals surface area (Å²) in [6.45, 7) is 5.35. The predicted molar refractivity (Wildman–Crippen MR) is 62.0 cm³/mol. The highest BCUT2D eigenvalue weighted by molar-refractivity contribution is 9.09. The van der Waals surface area contributed by atoms with Crippen molar-refractivity contribution in [2.75, 3.05) is 0 Å². The van der Waals surface area contributed by atoms with Crippen LogP contribution in [0.15, 0.2) is 18.2 Å². The fraction of sp³-hybridized carbons (Fsp3) is 0.455. The molecule has 1 atom stereocenters. The average Bonchev–Trinajstić information content (AvgIpc) is 2.15. The van der Waals surface area contributed by atoms with E-state index in [0.717, 1.165) is 0 Å². The van der Waals surface area contributed by atoms with Crippen molar-refractivity contribution in [3.63, 3.8) is 0 Å². The van der Waals surface area contributed by atoms with Gasteiger partial charge in [0.1, 0.15) is 0 Å². The largest absolute Gasteiger partial charge is 0.454 e. The summed E-state index contributed by atoms with van der Waals surface area (Å²) in [4.78, 5) is 15.3. The Morgan fingerprint density at radius 1 is 1.50 bits per heavy atom. The van der Waals surface area contributed by atoms with Crippen LogP contribution in [0.4, 0.5) is 4.39 Å². The lowest BCUT2D eigenvalue weighted by Gasteiger charge is -2.20. The van der Waals surface area contributed by atoms with Crippen molar-refractivity contribution in [2.24, 2.45) is 5.41 Å². The molecule has 0 saturated heterocycles. The Kier molecular flexibility index (Phi) is 4.02. The van der Waals surface area contributed by atoms with E-state index in [4.69, 9.17) is 4.74 Å². The van der Waals surface area contributed by atoms with Gasteiger partial charge in [0, 0.05) is 11.5 Å². The molecule has 0 aliphatic rings. The number of pyridine rings is 1. The first kappa shape index (κ1) is 13.1. The van der Waals surface area contributed by atoms with Gasteiger partial charge in [0.25, 0.3) is 0 Å². The summed E-state index contributed by atoms with van der Waals surface area (Å²) in [6.07, 6.45) is 0. The number of hydrogen-bond donors (Lipinski definition) is 0. The fourth-order valence-electron chi connectivity index (χ4n) is 0.955. The van der Waals surface area contributed by atoms with Crippen molar-refractivity contribution >= 4 is 21.7 Å². The maximum Gasteiger partial charge on any atom is 0.217 e. The summed E-state index contributed by atoms with van der Waals surface area (Å²) in [5, 5.41) is -0.818. The van der Waals surface area contributed by atoms with Crippen LogP contribution >= 0.6 is 15.9 Å². The number of Topliss-reactive ketones (excluding diaryl/α,β-unsaturated/α-hetero) is 1. The standard InChI is InChI=1S/C11H13BrFNO2/c1-11(2,3)9(15)10(12)16-8-6-4-5-7(13)14-8/h4-6,10H,1-3H3. The highest BCUT2D eigenvalue weighted by Crippen LogP contribution is 2.22. The first-order valence-corrected chi connectivity index (χ1v) is 5.70. The quantitative estimate of drug-likeness (QED) is 0.634. The Morgan fingerprint density at radius 2 is 2.12 bits per heavy atom. The van der Waals surface area contributed by atoms with Gasteiger partial charge in [-0.2, -0.15) is 9.37 Å². The molecule has 0 fully saturated rings. The SMILES string of the molecule is CC(C)(C)C(=O)C(Br)Oc1cccc(F)n1. The Balaban J connectivity index is 2.72. The van der Waals surface area contributed by atoms with Gasteiger partial charge in [-0.25, -0.2) is 0 Å². The number of halogens is 2. The van der Waals surface area contributed by atoms with Crippen LogP contribution in [0.25, 0.3) is 0 Å². The molecule has 88 valence electrons. The number of ketones is 1. The summed E-state index contributed by atoms with van der Waals surface area (Å²) >= 11 is 3.11. The molecule has 0 bridgehead atoms. The van der Waals surface area contributed by atoms with Gasteiger partial charge in [-0.05, 0) is 22.0 Å². The lowest BCUT2D eigenvalue weighted by atomic mass is 9.91. The average molecular weight is 290 g/mol. The van der Waals surface area contributed by atoms with Crippen LogP contribution in [0.5, 0.6) is 5.88 Å². The van der Waals surface area contributed by atoms with Gasteiger partial charge in [0.2, 0.25) is 16.8 Å². The minimum Gasteiger partial charge on any atom is -0.454 e. The lowest BCUT2D eigenvalue weighted by molar-refractivity contribution is -0.129. The number of rotatable bonds is 3. The molecular weight excluding hydrogens is 277 g/mol. The van der Waals surface area contributed by atoms with E-state index in [2.05, 4.69) is 20.9 Å². The van der Waals surface area contributed by atoms with Crippen molar-refractivity contribution in [1.29, 1.82) is 0 Å². The minimum atomic E-state index is -0.818. The number of carbonyl (C=O) groups excluding carboxylic acids is 1. The van der Waals surface area contributed by atoms with Gasteiger partial charge in [-0.15, -0.1) is 0 Å². The van der Waals surface area contributed by atoms with Crippen LogP contribution in [-0.4, -0.2) is 15.8 Å². The summed E-state index contributed by atoms with van der Waals surface area (Å²) in [5.74, 6) is -0.682. The van der Waals surface area contributed by atoms with Gasteiger partial charge < -0.3 is 4.74 Å².